The van der Waals surface area contributed by atoms with Crippen molar-refractivity contribution < 1.29 is 9.59 Å². The van der Waals surface area contributed by atoms with Crippen LogP contribution in [0.3, 0.4) is 0 Å². The van der Waals surface area contributed by atoms with E-state index < -0.39 is 0 Å². The van der Waals surface area contributed by atoms with Crippen molar-refractivity contribution in [2.75, 3.05) is 11.9 Å². The average molecular weight is 505 g/mol. The van der Waals surface area contributed by atoms with E-state index in [9.17, 15) is 9.59 Å². The Morgan fingerprint density at radius 2 is 1.63 bits per heavy atom. The molecular formula is C32H32N4O2. The van der Waals surface area contributed by atoms with Crippen LogP contribution in [0.15, 0.2) is 78.9 Å². The van der Waals surface area contributed by atoms with Gasteiger partial charge >= 0.3 is 0 Å². The quantitative estimate of drug-likeness (QED) is 0.484. The number of benzene rings is 3. The number of carbonyl (C=O) groups is 2. The molecule has 3 aliphatic rings. The van der Waals surface area contributed by atoms with Crippen molar-refractivity contribution in [2.45, 2.75) is 50.2 Å². The third-order valence-electron chi connectivity index (χ3n) is 8.58. The summed E-state index contributed by atoms with van der Waals surface area (Å²) in [6.45, 7) is 0.723. The Balaban J connectivity index is 1.26. The molecule has 5 atom stereocenters. The Morgan fingerprint density at radius 1 is 0.895 bits per heavy atom. The molecule has 1 saturated carbocycles. The fraction of sp³-hybridized carbons (Fsp3) is 0.344. The summed E-state index contributed by atoms with van der Waals surface area (Å²) in [7, 11) is 0. The van der Waals surface area contributed by atoms with Crippen LogP contribution in [0.1, 0.15) is 71.2 Å². The highest BCUT2D eigenvalue weighted by molar-refractivity contribution is 5.95. The van der Waals surface area contributed by atoms with Gasteiger partial charge in [0.15, 0.2) is 0 Å². The number of amides is 2. The highest BCUT2D eigenvalue weighted by Crippen LogP contribution is 2.51. The van der Waals surface area contributed by atoms with E-state index in [2.05, 4.69) is 64.1 Å². The Bertz CT molecular complexity index is 1360. The first-order valence-corrected chi connectivity index (χ1v) is 13.7. The van der Waals surface area contributed by atoms with Crippen LogP contribution in [-0.4, -0.2) is 29.3 Å². The summed E-state index contributed by atoms with van der Waals surface area (Å²) in [5.74, 6) is 0.0225. The Labute approximate surface area is 223 Å². The zero-order valence-electron chi connectivity index (χ0n) is 21.3. The molecule has 2 aliphatic heterocycles. The second-order valence-corrected chi connectivity index (χ2v) is 10.7. The standard InChI is InChI=1S/C32H32N4O2/c33-20-21-14-16-23(17-15-21)31(37)35-28-13-7-5-11-25(28)32(38)36-19-18-26-29(22-8-2-1-3-9-22)34-27-12-6-4-10-24(27)30(26)36/h1-4,6,8-10,12,14-17,25-26,28-30,34H,5,7,11,13,18-19H2,(H,35,37)/t25-,26-,28+,29-,30-/m0/s1. The van der Waals surface area contributed by atoms with Crippen molar-refractivity contribution in [3.05, 3.63) is 101 Å². The van der Waals surface area contributed by atoms with Gasteiger partial charge in [0, 0.05) is 29.8 Å². The molecule has 0 spiro atoms. The van der Waals surface area contributed by atoms with Crippen LogP contribution in [-0.2, 0) is 4.79 Å². The van der Waals surface area contributed by atoms with Crippen LogP contribution in [0.5, 0.6) is 0 Å². The monoisotopic (exact) mass is 504 g/mol. The number of anilines is 1. The Morgan fingerprint density at radius 3 is 2.42 bits per heavy atom. The largest absolute Gasteiger partial charge is 0.378 e. The van der Waals surface area contributed by atoms with Gasteiger partial charge in [0.1, 0.15) is 0 Å². The maximum Gasteiger partial charge on any atom is 0.251 e. The van der Waals surface area contributed by atoms with Crippen LogP contribution in [0.25, 0.3) is 0 Å². The van der Waals surface area contributed by atoms with Crippen molar-refractivity contribution >= 4 is 17.5 Å². The highest BCUT2D eigenvalue weighted by Gasteiger charge is 2.48. The van der Waals surface area contributed by atoms with E-state index in [1.54, 1.807) is 24.3 Å². The number of para-hydroxylation sites is 1. The molecule has 2 fully saturated rings. The number of nitriles is 1. The topological polar surface area (TPSA) is 85.2 Å². The Hall–Kier alpha value is -4.11. The van der Waals surface area contributed by atoms with Crippen LogP contribution in [0.4, 0.5) is 5.69 Å². The number of fused-ring (bicyclic) bond motifs is 3. The molecular weight excluding hydrogens is 472 g/mol. The first-order valence-electron chi connectivity index (χ1n) is 13.7. The molecule has 3 aromatic carbocycles. The molecule has 0 bridgehead atoms. The van der Waals surface area contributed by atoms with E-state index in [1.807, 2.05) is 12.1 Å². The fourth-order valence-electron chi connectivity index (χ4n) is 6.72. The third kappa shape index (κ3) is 4.43. The highest BCUT2D eigenvalue weighted by atomic mass is 16.2. The van der Waals surface area contributed by atoms with E-state index in [4.69, 9.17) is 5.26 Å². The van der Waals surface area contributed by atoms with Crippen LogP contribution in [0.2, 0.25) is 0 Å². The molecule has 6 rings (SSSR count). The van der Waals surface area contributed by atoms with Crippen LogP contribution in [0, 0.1) is 23.2 Å². The van der Waals surface area contributed by atoms with E-state index in [-0.39, 0.29) is 41.8 Å². The lowest BCUT2D eigenvalue weighted by Crippen LogP contribution is -2.50. The van der Waals surface area contributed by atoms with Crippen LogP contribution < -0.4 is 10.6 Å². The van der Waals surface area contributed by atoms with E-state index in [0.29, 0.717) is 11.1 Å². The number of rotatable bonds is 4. The van der Waals surface area contributed by atoms with Gasteiger partial charge in [-0.25, -0.2) is 0 Å². The van der Waals surface area contributed by atoms with Gasteiger partial charge in [-0.2, -0.15) is 5.26 Å². The van der Waals surface area contributed by atoms with Gasteiger partial charge in [0.2, 0.25) is 5.91 Å². The molecule has 2 heterocycles. The molecule has 38 heavy (non-hydrogen) atoms. The zero-order valence-corrected chi connectivity index (χ0v) is 21.3. The molecule has 2 N–H and O–H groups in total. The second-order valence-electron chi connectivity index (χ2n) is 10.7. The number of carbonyl (C=O) groups excluding carboxylic acids is 2. The summed E-state index contributed by atoms with van der Waals surface area (Å²) in [5, 5.41) is 16.0. The molecule has 1 aliphatic carbocycles. The molecule has 192 valence electrons. The number of hydrogen-bond acceptors (Lipinski definition) is 4. The first kappa shape index (κ1) is 24.2. The molecule has 6 nitrogen and oxygen atoms in total. The third-order valence-corrected chi connectivity index (χ3v) is 8.58. The lowest BCUT2D eigenvalue weighted by atomic mass is 9.79. The van der Waals surface area contributed by atoms with Gasteiger partial charge in [0.25, 0.3) is 5.91 Å². The number of nitrogens with zero attached hydrogens (tertiary/aromatic N) is 2. The summed E-state index contributed by atoms with van der Waals surface area (Å²) >= 11 is 0. The zero-order chi connectivity index (χ0) is 26.1. The minimum absolute atomic E-state index is 0.0157. The molecule has 1 saturated heterocycles. The average Bonchev–Trinajstić information content (AvgIpc) is 3.43. The maximum absolute atomic E-state index is 14.2. The molecule has 0 aromatic heterocycles. The predicted octanol–water partition coefficient (Wildman–Crippen LogP) is 5.60. The van der Waals surface area contributed by atoms with Gasteiger partial charge in [-0.1, -0.05) is 61.4 Å². The van der Waals surface area contributed by atoms with Crippen molar-refractivity contribution in [2.24, 2.45) is 11.8 Å². The SMILES string of the molecule is N#Cc1ccc(C(=O)N[C@@H]2CCCC[C@@H]2C(=O)N2CC[C@H]3[C@H](c4ccccc4)Nc4ccccc4[C@@H]32)cc1. The first-order chi connectivity index (χ1) is 18.6. The van der Waals surface area contributed by atoms with Gasteiger partial charge < -0.3 is 15.5 Å². The summed E-state index contributed by atoms with van der Waals surface area (Å²) in [5.41, 5.74) is 4.56. The molecule has 0 radical (unpaired) electrons. The molecule has 0 unspecified atom stereocenters. The van der Waals surface area contributed by atoms with Crippen molar-refractivity contribution in [3.63, 3.8) is 0 Å². The van der Waals surface area contributed by atoms with Crippen molar-refractivity contribution in [3.8, 4) is 6.07 Å². The van der Waals surface area contributed by atoms with Gasteiger partial charge in [-0.15, -0.1) is 0 Å². The second kappa shape index (κ2) is 10.3. The minimum Gasteiger partial charge on any atom is -0.378 e. The van der Waals surface area contributed by atoms with E-state index in [1.165, 1.54) is 11.1 Å². The fourth-order valence-corrected chi connectivity index (χ4v) is 6.72. The van der Waals surface area contributed by atoms with E-state index >= 15 is 0 Å². The summed E-state index contributed by atoms with van der Waals surface area (Å²) in [6, 6.07) is 27.6. The summed E-state index contributed by atoms with van der Waals surface area (Å²) < 4.78 is 0. The number of nitrogens with one attached hydrogen (secondary N) is 2. The lowest BCUT2D eigenvalue weighted by Gasteiger charge is -2.42. The van der Waals surface area contributed by atoms with E-state index in [0.717, 1.165) is 44.3 Å². The van der Waals surface area contributed by atoms with Crippen molar-refractivity contribution in [1.82, 2.24) is 10.2 Å². The molecule has 3 aromatic rings. The Kier molecular flexibility index (Phi) is 6.59. The number of likely N-dealkylation sites (tertiary alicyclic amines) is 1. The maximum atomic E-state index is 14.2. The van der Waals surface area contributed by atoms with Gasteiger partial charge in [-0.05, 0) is 60.7 Å². The summed E-state index contributed by atoms with van der Waals surface area (Å²) in [4.78, 5) is 29.4. The lowest BCUT2D eigenvalue weighted by molar-refractivity contribution is -0.138. The van der Waals surface area contributed by atoms with Gasteiger partial charge in [0.05, 0.1) is 29.6 Å². The molecule has 6 heteroatoms. The van der Waals surface area contributed by atoms with Crippen molar-refractivity contribution in [1.29, 1.82) is 5.26 Å². The minimum atomic E-state index is -0.234. The summed E-state index contributed by atoms with van der Waals surface area (Å²) in [6.07, 6.45) is 4.51. The van der Waals surface area contributed by atoms with Crippen LogP contribution >= 0.6 is 0 Å². The predicted molar refractivity (Wildman–Crippen MR) is 146 cm³/mol. The number of hydrogen-bond donors (Lipinski definition) is 2. The smallest absolute Gasteiger partial charge is 0.251 e. The molecule has 2 amide bonds. The van der Waals surface area contributed by atoms with Gasteiger partial charge in [-0.3, -0.25) is 9.59 Å². The normalized spacial score (nSPS) is 25.9.